The highest BCUT2D eigenvalue weighted by Crippen LogP contribution is 2.30. The zero-order chi connectivity index (χ0) is 21.1. The second-order valence-corrected chi connectivity index (χ2v) is 7.59. The van der Waals surface area contributed by atoms with Gasteiger partial charge in [-0.2, -0.15) is 0 Å². The first-order chi connectivity index (χ1) is 14.5. The Balaban J connectivity index is 1.47. The summed E-state index contributed by atoms with van der Waals surface area (Å²) < 4.78 is 11.3. The molecule has 0 unspecified atom stereocenters. The van der Waals surface area contributed by atoms with Gasteiger partial charge in [-0.15, -0.1) is 0 Å². The van der Waals surface area contributed by atoms with Crippen LogP contribution in [-0.4, -0.2) is 24.8 Å². The molecular formula is C24H16Cl2O4. The third-order valence-electron chi connectivity index (χ3n) is 4.60. The summed E-state index contributed by atoms with van der Waals surface area (Å²) in [4.78, 5) is 25.0. The number of benzene rings is 3. The van der Waals surface area contributed by atoms with Crippen LogP contribution in [0.4, 0.5) is 0 Å². The van der Waals surface area contributed by atoms with Crippen LogP contribution in [0.15, 0.2) is 72.3 Å². The SMILES string of the molecule is O=C(COc1cccc(/C=C2\COc3ccc(Cl)cc3C2=O)c1)c1ccc(Cl)cc1. The van der Waals surface area contributed by atoms with Gasteiger partial charge in [0.15, 0.2) is 18.2 Å². The van der Waals surface area contributed by atoms with E-state index in [1.807, 2.05) is 6.07 Å². The van der Waals surface area contributed by atoms with Gasteiger partial charge in [0.25, 0.3) is 0 Å². The number of Topliss-reactive ketones (excluding diaryl/α,β-unsaturated/α-hetero) is 2. The van der Waals surface area contributed by atoms with Gasteiger partial charge >= 0.3 is 0 Å². The Labute approximate surface area is 183 Å². The maximum atomic E-state index is 12.8. The Morgan fingerprint density at radius 2 is 1.77 bits per heavy atom. The molecule has 0 aliphatic carbocycles. The summed E-state index contributed by atoms with van der Waals surface area (Å²) in [6, 6.07) is 18.8. The summed E-state index contributed by atoms with van der Waals surface area (Å²) >= 11 is 11.9. The van der Waals surface area contributed by atoms with Crippen molar-refractivity contribution in [2.45, 2.75) is 0 Å². The Morgan fingerprint density at radius 3 is 2.57 bits per heavy atom. The van der Waals surface area contributed by atoms with Crippen molar-refractivity contribution < 1.29 is 19.1 Å². The lowest BCUT2D eigenvalue weighted by Crippen LogP contribution is -2.19. The predicted octanol–water partition coefficient (Wildman–Crippen LogP) is 5.91. The molecule has 0 bridgehead atoms. The summed E-state index contributed by atoms with van der Waals surface area (Å²) in [5.74, 6) is 0.779. The predicted molar refractivity (Wildman–Crippen MR) is 117 cm³/mol. The van der Waals surface area contributed by atoms with Crippen LogP contribution in [0.3, 0.4) is 0 Å². The second-order valence-electron chi connectivity index (χ2n) is 6.72. The first kappa shape index (κ1) is 20.2. The maximum Gasteiger partial charge on any atom is 0.200 e. The average molecular weight is 439 g/mol. The molecule has 0 amide bonds. The fourth-order valence-corrected chi connectivity index (χ4v) is 3.37. The number of hydrogen-bond acceptors (Lipinski definition) is 4. The lowest BCUT2D eigenvalue weighted by molar-refractivity contribution is 0.0921. The van der Waals surface area contributed by atoms with Gasteiger partial charge in [0.05, 0.1) is 5.56 Å². The van der Waals surface area contributed by atoms with Crippen molar-refractivity contribution in [3.05, 3.63) is 99.0 Å². The number of rotatable bonds is 5. The number of carbonyl (C=O) groups is 2. The van der Waals surface area contributed by atoms with Crippen molar-refractivity contribution in [3.8, 4) is 11.5 Å². The molecule has 0 fully saturated rings. The van der Waals surface area contributed by atoms with Gasteiger partial charge in [-0.3, -0.25) is 9.59 Å². The van der Waals surface area contributed by atoms with Crippen LogP contribution < -0.4 is 9.47 Å². The molecule has 1 aliphatic heterocycles. The van der Waals surface area contributed by atoms with Crippen LogP contribution in [0.5, 0.6) is 11.5 Å². The summed E-state index contributed by atoms with van der Waals surface area (Å²) in [6.07, 6.45) is 1.75. The molecule has 4 rings (SSSR count). The molecular weight excluding hydrogens is 423 g/mol. The Morgan fingerprint density at radius 1 is 1.00 bits per heavy atom. The van der Waals surface area contributed by atoms with E-state index >= 15 is 0 Å². The molecule has 0 N–H and O–H groups in total. The molecule has 4 nitrogen and oxygen atoms in total. The van der Waals surface area contributed by atoms with Crippen LogP contribution in [-0.2, 0) is 0 Å². The van der Waals surface area contributed by atoms with E-state index in [4.69, 9.17) is 32.7 Å². The molecule has 0 atom stereocenters. The fraction of sp³-hybridized carbons (Fsp3) is 0.0833. The minimum absolute atomic E-state index is 0.102. The third kappa shape index (κ3) is 4.56. The maximum absolute atomic E-state index is 12.8. The van der Waals surface area contributed by atoms with Crippen LogP contribution in [0, 0.1) is 0 Å². The van der Waals surface area contributed by atoms with Crippen LogP contribution in [0.1, 0.15) is 26.3 Å². The molecule has 1 aliphatic rings. The summed E-state index contributed by atoms with van der Waals surface area (Å²) in [6.45, 7) is 0.0726. The van der Waals surface area contributed by atoms with E-state index in [-0.39, 0.29) is 24.8 Å². The van der Waals surface area contributed by atoms with Crippen molar-refractivity contribution in [3.63, 3.8) is 0 Å². The molecule has 1 heterocycles. The highest BCUT2D eigenvalue weighted by molar-refractivity contribution is 6.31. The minimum Gasteiger partial charge on any atom is -0.488 e. The lowest BCUT2D eigenvalue weighted by Gasteiger charge is -2.19. The quantitative estimate of drug-likeness (QED) is 0.366. The van der Waals surface area contributed by atoms with E-state index in [1.54, 1.807) is 66.7 Å². The summed E-state index contributed by atoms with van der Waals surface area (Å²) in [5.41, 5.74) is 2.25. The van der Waals surface area contributed by atoms with Gasteiger partial charge < -0.3 is 9.47 Å². The van der Waals surface area contributed by atoms with Gasteiger partial charge in [0, 0.05) is 21.2 Å². The number of carbonyl (C=O) groups excluding carboxylic acids is 2. The van der Waals surface area contributed by atoms with Crippen molar-refractivity contribution in [1.82, 2.24) is 0 Å². The normalized spacial score (nSPS) is 14.2. The van der Waals surface area contributed by atoms with Crippen molar-refractivity contribution in [2.75, 3.05) is 13.2 Å². The standard InChI is InChI=1S/C24H16Cl2O4/c25-18-6-4-16(5-7-18)22(27)14-29-20-3-1-2-15(11-20)10-17-13-30-23-9-8-19(26)12-21(23)24(17)28/h1-12H,13-14H2/b17-10+. The van der Waals surface area contributed by atoms with E-state index in [0.29, 0.717) is 38.2 Å². The molecule has 6 heteroatoms. The minimum atomic E-state index is -0.153. The van der Waals surface area contributed by atoms with Gasteiger partial charge in [-0.05, 0) is 66.2 Å². The Hall–Kier alpha value is -3.08. The van der Waals surface area contributed by atoms with E-state index in [0.717, 1.165) is 5.56 Å². The molecule has 150 valence electrons. The van der Waals surface area contributed by atoms with Crippen molar-refractivity contribution in [2.24, 2.45) is 0 Å². The van der Waals surface area contributed by atoms with E-state index in [2.05, 4.69) is 0 Å². The molecule has 3 aromatic carbocycles. The first-order valence-electron chi connectivity index (χ1n) is 9.19. The lowest BCUT2D eigenvalue weighted by atomic mass is 9.98. The molecule has 3 aromatic rings. The highest BCUT2D eigenvalue weighted by Gasteiger charge is 2.23. The first-order valence-corrected chi connectivity index (χ1v) is 9.94. The number of hydrogen-bond donors (Lipinski definition) is 0. The second kappa shape index (κ2) is 8.74. The molecule has 0 saturated heterocycles. The molecule has 0 aromatic heterocycles. The number of ether oxygens (including phenoxy) is 2. The Kier molecular flexibility index (Phi) is 5.88. The monoisotopic (exact) mass is 438 g/mol. The molecule has 0 radical (unpaired) electrons. The Bertz CT molecular complexity index is 1150. The zero-order valence-corrected chi connectivity index (χ0v) is 17.2. The van der Waals surface area contributed by atoms with Crippen molar-refractivity contribution in [1.29, 1.82) is 0 Å². The average Bonchev–Trinajstić information content (AvgIpc) is 2.75. The fourth-order valence-electron chi connectivity index (χ4n) is 3.07. The highest BCUT2D eigenvalue weighted by atomic mass is 35.5. The largest absolute Gasteiger partial charge is 0.488 e. The van der Waals surface area contributed by atoms with E-state index < -0.39 is 0 Å². The topological polar surface area (TPSA) is 52.6 Å². The third-order valence-corrected chi connectivity index (χ3v) is 5.08. The molecule has 30 heavy (non-hydrogen) atoms. The van der Waals surface area contributed by atoms with E-state index in [9.17, 15) is 9.59 Å². The smallest absolute Gasteiger partial charge is 0.200 e. The van der Waals surface area contributed by atoms with Gasteiger partial charge in [0.1, 0.15) is 18.1 Å². The molecule has 0 saturated carbocycles. The summed E-state index contributed by atoms with van der Waals surface area (Å²) in [7, 11) is 0. The van der Waals surface area contributed by atoms with Gasteiger partial charge in [-0.1, -0.05) is 35.3 Å². The van der Waals surface area contributed by atoms with Crippen LogP contribution >= 0.6 is 23.2 Å². The van der Waals surface area contributed by atoms with Crippen LogP contribution in [0.25, 0.3) is 6.08 Å². The number of halogens is 2. The van der Waals surface area contributed by atoms with Gasteiger partial charge in [-0.25, -0.2) is 0 Å². The number of ketones is 2. The number of fused-ring (bicyclic) bond motifs is 1. The van der Waals surface area contributed by atoms with Crippen molar-refractivity contribution >= 4 is 40.8 Å². The molecule has 0 spiro atoms. The van der Waals surface area contributed by atoms with Gasteiger partial charge in [0.2, 0.25) is 0 Å². The summed E-state index contributed by atoms with van der Waals surface area (Å²) in [5, 5.41) is 1.05. The van der Waals surface area contributed by atoms with Crippen LogP contribution in [0.2, 0.25) is 10.0 Å². The van der Waals surface area contributed by atoms with E-state index in [1.165, 1.54) is 0 Å². The zero-order valence-electron chi connectivity index (χ0n) is 15.7.